The van der Waals surface area contributed by atoms with Gasteiger partial charge in [-0.3, -0.25) is 14.5 Å². The van der Waals surface area contributed by atoms with E-state index in [0.717, 1.165) is 31.5 Å². The van der Waals surface area contributed by atoms with E-state index < -0.39 is 11.0 Å². The average molecular weight is 487 g/mol. The molecule has 10 heteroatoms. The second-order valence-corrected chi connectivity index (χ2v) is 9.53. The molecule has 2 unspecified atom stereocenters. The van der Waals surface area contributed by atoms with Gasteiger partial charge in [0, 0.05) is 41.5 Å². The molecule has 1 heterocycles. The smallest absolute Gasteiger partial charge is 0.240 e. The Hall–Kier alpha value is -1.63. The van der Waals surface area contributed by atoms with Gasteiger partial charge in [0.2, 0.25) is 11.8 Å². The van der Waals surface area contributed by atoms with Crippen LogP contribution in [0.2, 0.25) is 10.0 Å². The molecule has 7 nitrogen and oxygen atoms in total. The van der Waals surface area contributed by atoms with Crippen LogP contribution >= 0.6 is 23.2 Å². The maximum atomic E-state index is 12.3. The summed E-state index contributed by atoms with van der Waals surface area (Å²) in [5.41, 5.74) is 0.978. The summed E-state index contributed by atoms with van der Waals surface area (Å²) in [7, 11) is -1.32. The zero-order valence-electron chi connectivity index (χ0n) is 17.7. The fraction of sp³-hybridized carbons (Fsp3) is 0.524. The number of hydrogen-bond donors (Lipinski definition) is 2. The van der Waals surface area contributed by atoms with Gasteiger partial charge >= 0.3 is 0 Å². The summed E-state index contributed by atoms with van der Waals surface area (Å²) in [5, 5.41) is 6.34. The Morgan fingerprint density at radius 2 is 1.97 bits per heavy atom. The van der Waals surface area contributed by atoms with Gasteiger partial charge in [0.25, 0.3) is 0 Å². The molecular formula is C21H28Cl2N4O3S. The molecule has 0 bridgehead atoms. The number of piperidine rings is 1. The number of likely N-dealkylation sites (tertiary alicyclic amines) is 1. The van der Waals surface area contributed by atoms with E-state index in [4.69, 9.17) is 29.6 Å². The SMILES string of the molecule is C#CCNC(=O)CNC(=O)CN(C1CCN(C(C)c2cc(Cl)ccc2Cl)CC1)S(C)=O. The van der Waals surface area contributed by atoms with E-state index in [9.17, 15) is 13.8 Å². The lowest BCUT2D eigenvalue weighted by Crippen LogP contribution is -2.49. The molecule has 2 amide bonds. The first kappa shape index (κ1) is 25.6. The topological polar surface area (TPSA) is 81.8 Å². The zero-order valence-corrected chi connectivity index (χ0v) is 20.0. The molecule has 1 aromatic carbocycles. The molecule has 1 fully saturated rings. The molecule has 31 heavy (non-hydrogen) atoms. The van der Waals surface area contributed by atoms with Crippen molar-refractivity contribution in [2.75, 3.05) is 39.0 Å². The number of benzene rings is 1. The Kier molecular flexibility index (Phi) is 10.3. The number of hydrogen-bond acceptors (Lipinski definition) is 4. The molecule has 0 aliphatic carbocycles. The van der Waals surface area contributed by atoms with Gasteiger partial charge in [-0.25, -0.2) is 8.51 Å². The maximum absolute atomic E-state index is 12.3. The van der Waals surface area contributed by atoms with E-state index in [2.05, 4.69) is 28.4 Å². The average Bonchev–Trinajstić information content (AvgIpc) is 2.75. The lowest BCUT2D eigenvalue weighted by atomic mass is 10.00. The third-order valence-corrected chi connectivity index (χ3v) is 6.99. The molecule has 2 atom stereocenters. The summed E-state index contributed by atoms with van der Waals surface area (Å²) in [6.07, 6.45) is 8.17. The van der Waals surface area contributed by atoms with Crippen molar-refractivity contribution in [1.82, 2.24) is 19.8 Å². The minimum Gasteiger partial charge on any atom is -0.346 e. The van der Waals surface area contributed by atoms with Crippen LogP contribution in [-0.4, -0.2) is 70.2 Å². The van der Waals surface area contributed by atoms with Crippen LogP contribution in [0.25, 0.3) is 0 Å². The van der Waals surface area contributed by atoms with Gasteiger partial charge < -0.3 is 10.6 Å². The molecule has 1 aliphatic heterocycles. The fourth-order valence-electron chi connectivity index (χ4n) is 3.61. The summed E-state index contributed by atoms with van der Waals surface area (Å²) in [6.45, 7) is 3.55. The fourth-order valence-corrected chi connectivity index (χ4v) is 5.00. The summed E-state index contributed by atoms with van der Waals surface area (Å²) in [6, 6.07) is 5.56. The van der Waals surface area contributed by atoms with Crippen LogP contribution in [0.15, 0.2) is 18.2 Å². The first-order valence-corrected chi connectivity index (χ1v) is 12.3. The molecule has 1 aliphatic rings. The Morgan fingerprint density at radius 1 is 1.29 bits per heavy atom. The first-order valence-electron chi connectivity index (χ1n) is 9.99. The van der Waals surface area contributed by atoms with E-state index in [0.29, 0.717) is 10.0 Å². The van der Waals surface area contributed by atoms with Gasteiger partial charge in [0.1, 0.15) is 0 Å². The van der Waals surface area contributed by atoms with Gasteiger partial charge in [-0.1, -0.05) is 29.1 Å². The number of nitrogens with one attached hydrogen (secondary N) is 2. The number of terminal acetylenes is 1. The van der Waals surface area contributed by atoms with Gasteiger partial charge in [0.15, 0.2) is 0 Å². The predicted octanol–water partition coefficient (Wildman–Crippen LogP) is 1.98. The molecule has 2 N–H and O–H groups in total. The monoisotopic (exact) mass is 486 g/mol. The van der Waals surface area contributed by atoms with E-state index in [1.807, 2.05) is 6.07 Å². The second kappa shape index (κ2) is 12.4. The van der Waals surface area contributed by atoms with Crippen molar-refractivity contribution in [1.29, 1.82) is 0 Å². The molecule has 170 valence electrons. The first-order chi connectivity index (χ1) is 14.7. The van der Waals surface area contributed by atoms with Crippen molar-refractivity contribution in [2.24, 2.45) is 0 Å². The second-order valence-electron chi connectivity index (χ2n) is 7.37. The van der Waals surface area contributed by atoms with Crippen LogP contribution in [0, 0.1) is 12.3 Å². The number of carbonyl (C=O) groups excluding carboxylic acids is 2. The number of rotatable bonds is 9. The van der Waals surface area contributed by atoms with Gasteiger partial charge in [-0.05, 0) is 43.5 Å². The van der Waals surface area contributed by atoms with Crippen LogP contribution < -0.4 is 10.6 Å². The lowest BCUT2D eigenvalue weighted by molar-refractivity contribution is -0.126. The van der Waals surface area contributed by atoms with E-state index in [1.54, 1.807) is 22.7 Å². The molecule has 0 saturated carbocycles. The van der Waals surface area contributed by atoms with Gasteiger partial charge in [-0.2, -0.15) is 0 Å². The highest BCUT2D eigenvalue weighted by Gasteiger charge is 2.30. The largest absolute Gasteiger partial charge is 0.346 e. The van der Waals surface area contributed by atoms with Crippen LogP contribution in [0.1, 0.15) is 31.4 Å². The maximum Gasteiger partial charge on any atom is 0.240 e. The van der Waals surface area contributed by atoms with Crippen molar-refractivity contribution in [2.45, 2.75) is 31.8 Å². The summed E-state index contributed by atoms with van der Waals surface area (Å²) in [4.78, 5) is 26.1. The molecule has 2 rings (SSSR count). The Morgan fingerprint density at radius 3 is 2.58 bits per heavy atom. The van der Waals surface area contributed by atoms with Crippen LogP contribution in [0.4, 0.5) is 0 Å². The number of amides is 2. The number of carbonyl (C=O) groups is 2. The van der Waals surface area contributed by atoms with Crippen LogP contribution in [0.5, 0.6) is 0 Å². The quantitative estimate of drug-likeness (QED) is 0.522. The highest BCUT2D eigenvalue weighted by Crippen LogP contribution is 2.32. The van der Waals surface area contributed by atoms with Crippen molar-refractivity contribution in [3.8, 4) is 12.3 Å². The van der Waals surface area contributed by atoms with Crippen molar-refractivity contribution in [3.05, 3.63) is 33.8 Å². The van der Waals surface area contributed by atoms with E-state index in [1.165, 1.54) is 0 Å². The highest BCUT2D eigenvalue weighted by molar-refractivity contribution is 7.81. The van der Waals surface area contributed by atoms with Crippen molar-refractivity contribution in [3.63, 3.8) is 0 Å². The van der Waals surface area contributed by atoms with Crippen molar-refractivity contribution >= 4 is 46.0 Å². The predicted molar refractivity (Wildman–Crippen MR) is 125 cm³/mol. The Bertz CT molecular complexity index is 854. The minimum absolute atomic E-state index is 0.00475. The molecule has 0 spiro atoms. The van der Waals surface area contributed by atoms with E-state index in [-0.39, 0.29) is 43.5 Å². The molecule has 1 aromatic rings. The summed E-state index contributed by atoms with van der Waals surface area (Å²) >= 11 is 12.5. The Balaban J connectivity index is 1.90. The highest BCUT2D eigenvalue weighted by atomic mass is 35.5. The van der Waals surface area contributed by atoms with Gasteiger partial charge in [-0.15, -0.1) is 6.42 Å². The Labute approximate surface area is 196 Å². The summed E-state index contributed by atoms with van der Waals surface area (Å²) < 4.78 is 14.0. The molecule has 0 radical (unpaired) electrons. The molecule has 0 aromatic heterocycles. The lowest BCUT2D eigenvalue weighted by Gasteiger charge is -2.39. The minimum atomic E-state index is -1.32. The number of halogens is 2. The van der Waals surface area contributed by atoms with Crippen LogP contribution in [0.3, 0.4) is 0 Å². The normalized spacial score (nSPS) is 17.0. The molecular weight excluding hydrogens is 459 g/mol. The van der Waals surface area contributed by atoms with E-state index >= 15 is 0 Å². The zero-order chi connectivity index (χ0) is 23.0. The standard InChI is InChI=1S/C21H28Cl2N4O3S/c1-4-9-24-20(28)13-25-21(29)14-27(31(3)30)17-7-10-26(11-8-17)15(2)18-12-16(22)5-6-19(18)23/h1,5-6,12,15,17H,7-11,13-14H2,2-3H3,(H,24,28)(H,25,29). The number of nitrogens with zero attached hydrogens (tertiary/aromatic N) is 2. The van der Waals surface area contributed by atoms with Gasteiger partial charge in [0.05, 0.1) is 30.6 Å². The van der Waals surface area contributed by atoms with Crippen molar-refractivity contribution < 1.29 is 13.8 Å². The summed E-state index contributed by atoms with van der Waals surface area (Å²) in [5.74, 6) is 1.58. The third kappa shape index (κ3) is 7.78. The molecule has 1 saturated heterocycles. The van der Waals surface area contributed by atoms with Crippen LogP contribution in [-0.2, 0) is 20.6 Å². The third-order valence-electron chi connectivity index (χ3n) is 5.33.